The van der Waals surface area contributed by atoms with Crippen LogP contribution in [0.3, 0.4) is 0 Å². The van der Waals surface area contributed by atoms with Gasteiger partial charge in [-0.2, -0.15) is 0 Å². The van der Waals surface area contributed by atoms with Gasteiger partial charge in [0.05, 0.1) is 12.0 Å². The Kier molecular flexibility index (Phi) is 6.76. The predicted octanol–water partition coefficient (Wildman–Crippen LogP) is 2.30. The molecule has 0 aliphatic rings. The summed E-state index contributed by atoms with van der Waals surface area (Å²) >= 11 is 0. The molecule has 6 nitrogen and oxygen atoms in total. The fraction of sp³-hybridized carbons (Fsp3) is 0.316. The topological polar surface area (TPSA) is 84.5 Å². The maximum absolute atomic E-state index is 12.3. The van der Waals surface area contributed by atoms with Crippen LogP contribution in [0.4, 0.5) is 0 Å². The Hall–Kier alpha value is -2.38. The second kappa shape index (κ2) is 8.82. The van der Waals surface area contributed by atoms with E-state index in [4.69, 9.17) is 4.74 Å². The summed E-state index contributed by atoms with van der Waals surface area (Å²) in [6, 6.07) is 12.3. The van der Waals surface area contributed by atoms with Crippen LogP contribution < -0.4 is 14.8 Å². The van der Waals surface area contributed by atoms with Crippen LogP contribution in [0, 0.1) is 13.8 Å². The molecule has 2 aromatic rings. The number of hydrogen-bond acceptors (Lipinski definition) is 4. The number of carbonyl (C=O) groups excluding carboxylic acids is 1. The molecule has 140 valence electrons. The summed E-state index contributed by atoms with van der Waals surface area (Å²) in [5.74, 6) is 0.494. The fourth-order valence-electron chi connectivity index (χ4n) is 2.33. The lowest BCUT2D eigenvalue weighted by molar-refractivity contribution is -0.121. The second-order valence-electron chi connectivity index (χ2n) is 6.02. The molecule has 0 fully saturated rings. The van der Waals surface area contributed by atoms with Crippen molar-refractivity contribution in [3.05, 3.63) is 59.2 Å². The van der Waals surface area contributed by atoms with E-state index in [1.165, 1.54) is 0 Å². The Morgan fingerprint density at radius 1 is 1.08 bits per heavy atom. The van der Waals surface area contributed by atoms with Crippen LogP contribution >= 0.6 is 0 Å². The summed E-state index contributed by atoms with van der Waals surface area (Å²) in [5, 5.41) is 2.76. The van der Waals surface area contributed by atoms with Gasteiger partial charge < -0.3 is 10.1 Å². The molecule has 2 aromatic carbocycles. The van der Waals surface area contributed by atoms with Crippen molar-refractivity contribution < 1.29 is 17.9 Å². The van der Waals surface area contributed by atoms with E-state index in [1.807, 2.05) is 38.1 Å². The van der Waals surface area contributed by atoms with Crippen LogP contribution in [0.15, 0.2) is 47.4 Å². The molecule has 0 saturated heterocycles. The van der Waals surface area contributed by atoms with Crippen molar-refractivity contribution in [3.63, 3.8) is 0 Å². The number of nitrogens with one attached hydrogen (secondary N) is 2. The van der Waals surface area contributed by atoms with Crippen molar-refractivity contribution in [3.8, 4) is 5.75 Å². The van der Waals surface area contributed by atoms with Gasteiger partial charge in [-0.1, -0.05) is 18.2 Å². The molecule has 0 radical (unpaired) electrons. The van der Waals surface area contributed by atoms with Gasteiger partial charge in [0.1, 0.15) is 5.75 Å². The first-order chi connectivity index (χ1) is 12.3. The molecule has 0 saturated carbocycles. The normalized spacial score (nSPS) is 11.2. The van der Waals surface area contributed by atoms with Crippen LogP contribution in [0.2, 0.25) is 0 Å². The number of methoxy groups -OCH3 is 1. The summed E-state index contributed by atoms with van der Waals surface area (Å²) in [5.41, 5.74) is 2.85. The summed E-state index contributed by atoms with van der Waals surface area (Å²) in [6.07, 6.45) is 0.0635. The Balaban J connectivity index is 1.82. The number of sulfonamides is 1. The number of benzene rings is 2. The van der Waals surface area contributed by atoms with Gasteiger partial charge >= 0.3 is 0 Å². The van der Waals surface area contributed by atoms with Gasteiger partial charge in [0.2, 0.25) is 15.9 Å². The third-order valence-electron chi connectivity index (χ3n) is 4.06. The van der Waals surface area contributed by atoms with Crippen LogP contribution in [0.5, 0.6) is 5.75 Å². The van der Waals surface area contributed by atoms with Crippen LogP contribution in [0.25, 0.3) is 0 Å². The minimum absolute atomic E-state index is 0.0409. The smallest absolute Gasteiger partial charge is 0.240 e. The molecule has 2 rings (SSSR count). The molecule has 0 spiro atoms. The molecular weight excluding hydrogens is 352 g/mol. The van der Waals surface area contributed by atoms with Gasteiger partial charge in [0.25, 0.3) is 0 Å². The third kappa shape index (κ3) is 5.57. The van der Waals surface area contributed by atoms with Crippen molar-refractivity contribution in [2.75, 3.05) is 13.7 Å². The van der Waals surface area contributed by atoms with Crippen LogP contribution in [-0.2, 0) is 21.4 Å². The predicted molar refractivity (Wildman–Crippen MR) is 101 cm³/mol. The highest BCUT2D eigenvalue weighted by Crippen LogP contribution is 2.14. The Morgan fingerprint density at radius 3 is 2.54 bits per heavy atom. The second-order valence-corrected chi connectivity index (χ2v) is 7.79. The van der Waals surface area contributed by atoms with Crippen molar-refractivity contribution in [1.29, 1.82) is 0 Å². The first kappa shape index (κ1) is 19.9. The van der Waals surface area contributed by atoms with Crippen molar-refractivity contribution in [2.24, 2.45) is 0 Å². The number of aryl methyl sites for hydroxylation is 2. The average Bonchev–Trinajstić information content (AvgIpc) is 2.62. The SMILES string of the molecule is COc1cccc(CNC(=O)CCNS(=O)(=O)c2ccc(C)c(C)c2)c1. The molecule has 0 aliphatic heterocycles. The molecule has 0 atom stereocenters. The maximum Gasteiger partial charge on any atom is 0.240 e. The quantitative estimate of drug-likeness (QED) is 0.740. The standard InChI is InChI=1S/C19H24N2O4S/c1-14-7-8-18(11-15(14)2)26(23,24)21-10-9-19(22)20-13-16-5-4-6-17(12-16)25-3/h4-8,11-12,21H,9-10,13H2,1-3H3,(H,20,22). The Morgan fingerprint density at radius 2 is 1.85 bits per heavy atom. The molecule has 0 aromatic heterocycles. The minimum Gasteiger partial charge on any atom is -0.497 e. The van der Waals surface area contributed by atoms with Crippen LogP contribution in [-0.4, -0.2) is 28.0 Å². The van der Waals surface area contributed by atoms with Gasteiger partial charge in [0.15, 0.2) is 0 Å². The zero-order valence-electron chi connectivity index (χ0n) is 15.2. The van der Waals surface area contributed by atoms with Gasteiger partial charge in [-0.15, -0.1) is 0 Å². The molecule has 7 heteroatoms. The number of ether oxygens (including phenoxy) is 1. The Labute approximate surface area is 154 Å². The van der Waals surface area contributed by atoms with E-state index in [0.29, 0.717) is 6.54 Å². The zero-order chi connectivity index (χ0) is 19.2. The molecule has 0 aliphatic carbocycles. The van der Waals surface area contributed by atoms with Gasteiger partial charge in [0, 0.05) is 19.5 Å². The molecule has 1 amide bonds. The van der Waals surface area contributed by atoms with Crippen molar-refractivity contribution >= 4 is 15.9 Å². The Bertz CT molecular complexity index is 879. The summed E-state index contributed by atoms with van der Waals surface area (Å²) in [7, 11) is -2.04. The largest absolute Gasteiger partial charge is 0.497 e. The number of rotatable bonds is 8. The average molecular weight is 376 g/mol. The summed E-state index contributed by atoms with van der Waals surface area (Å²) < 4.78 is 32.1. The van der Waals surface area contributed by atoms with E-state index >= 15 is 0 Å². The minimum atomic E-state index is -3.62. The number of amides is 1. The van der Waals surface area contributed by atoms with E-state index < -0.39 is 10.0 Å². The monoisotopic (exact) mass is 376 g/mol. The fourth-order valence-corrected chi connectivity index (χ4v) is 3.45. The van der Waals surface area contributed by atoms with Gasteiger partial charge in [-0.3, -0.25) is 4.79 Å². The molecule has 0 bridgehead atoms. The highest BCUT2D eigenvalue weighted by molar-refractivity contribution is 7.89. The summed E-state index contributed by atoms with van der Waals surface area (Å²) in [4.78, 5) is 12.1. The van der Waals surface area contributed by atoms with Crippen molar-refractivity contribution in [1.82, 2.24) is 10.0 Å². The summed E-state index contributed by atoms with van der Waals surface area (Å²) in [6.45, 7) is 4.19. The highest BCUT2D eigenvalue weighted by atomic mass is 32.2. The van der Waals surface area contributed by atoms with E-state index in [-0.39, 0.29) is 23.8 Å². The van der Waals surface area contributed by atoms with Crippen LogP contribution in [0.1, 0.15) is 23.1 Å². The molecule has 0 heterocycles. The third-order valence-corrected chi connectivity index (χ3v) is 5.52. The highest BCUT2D eigenvalue weighted by Gasteiger charge is 2.14. The maximum atomic E-state index is 12.3. The van der Waals surface area contributed by atoms with E-state index in [9.17, 15) is 13.2 Å². The van der Waals surface area contributed by atoms with E-state index in [0.717, 1.165) is 22.4 Å². The molecular formula is C19H24N2O4S. The van der Waals surface area contributed by atoms with E-state index in [2.05, 4.69) is 10.0 Å². The van der Waals surface area contributed by atoms with Gasteiger partial charge in [-0.25, -0.2) is 13.1 Å². The number of hydrogen-bond donors (Lipinski definition) is 2. The lowest BCUT2D eigenvalue weighted by atomic mass is 10.1. The molecule has 26 heavy (non-hydrogen) atoms. The zero-order valence-corrected chi connectivity index (χ0v) is 16.0. The number of carbonyl (C=O) groups is 1. The lowest BCUT2D eigenvalue weighted by Crippen LogP contribution is -2.30. The first-order valence-electron chi connectivity index (χ1n) is 8.28. The first-order valence-corrected chi connectivity index (χ1v) is 9.76. The van der Waals surface area contributed by atoms with Gasteiger partial charge in [-0.05, 0) is 54.8 Å². The molecule has 0 unspecified atom stereocenters. The molecule has 2 N–H and O–H groups in total. The van der Waals surface area contributed by atoms with Crippen molar-refractivity contribution in [2.45, 2.75) is 31.7 Å². The van der Waals surface area contributed by atoms with E-state index in [1.54, 1.807) is 25.3 Å². The lowest BCUT2D eigenvalue weighted by Gasteiger charge is -2.09.